The predicted molar refractivity (Wildman–Crippen MR) is 100.0 cm³/mol. The van der Waals surface area contributed by atoms with Crippen LogP contribution < -0.4 is 4.74 Å². The van der Waals surface area contributed by atoms with E-state index in [1.807, 2.05) is 30.1 Å². The van der Waals surface area contributed by atoms with Crippen LogP contribution in [0, 0.1) is 5.92 Å². The zero-order valence-corrected chi connectivity index (χ0v) is 15.7. The number of hydrogen-bond acceptors (Lipinski definition) is 5. The summed E-state index contributed by atoms with van der Waals surface area (Å²) >= 11 is 0. The van der Waals surface area contributed by atoms with Crippen LogP contribution in [0.15, 0.2) is 36.7 Å². The van der Waals surface area contributed by atoms with E-state index in [9.17, 15) is 0 Å². The molecule has 3 heterocycles. The van der Waals surface area contributed by atoms with E-state index >= 15 is 0 Å². The van der Waals surface area contributed by atoms with E-state index in [1.54, 1.807) is 7.11 Å². The van der Waals surface area contributed by atoms with Gasteiger partial charge in [-0.05, 0) is 17.7 Å². The molecule has 4 rings (SSSR count). The summed E-state index contributed by atoms with van der Waals surface area (Å²) in [6, 6.07) is 8.39. The normalized spacial score (nSPS) is 24.4. The van der Waals surface area contributed by atoms with Crippen LogP contribution in [0.2, 0.25) is 0 Å². The first-order valence-corrected chi connectivity index (χ1v) is 9.36. The van der Waals surface area contributed by atoms with Gasteiger partial charge in [0.25, 0.3) is 0 Å². The number of ether oxygens (including phenoxy) is 2. The van der Waals surface area contributed by atoms with Crippen molar-refractivity contribution in [2.45, 2.75) is 19.2 Å². The quantitative estimate of drug-likeness (QED) is 0.817. The van der Waals surface area contributed by atoms with Gasteiger partial charge in [-0.15, -0.1) is 0 Å². The van der Waals surface area contributed by atoms with Gasteiger partial charge in [-0.25, -0.2) is 0 Å². The highest BCUT2D eigenvalue weighted by molar-refractivity contribution is 5.27. The zero-order chi connectivity index (χ0) is 17.9. The third-order valence-electron chi connectivity index (χ3n) is 5.42. The summed E-state index contributed by atoms with van der Waals surface area (Å²) in [6.45, 7) is 6.97. The number of likely N-dealkylation sites (tertiary alicyclic amines) is 1. The standard InChI is InChI=1S/C20H28N4O2/c1-22-10-17(9-21-22)12-23-7-8-26-20-15-24(14-18(20)13-23)11-16-3-5-19(25-2)6-4-16/h3-6,9-10,18,20H,7-8,11-15H2,1-2H3/t18-,20+/m1/s1. The monoisotopic (exact) mass is 356 g/mol. The highest BCUT2D eigenvalue weighted by Crippen LogP contribution is 2.26. The fraction of sp³-hybridized carbons (Fsp3) is 0.550. The van der Waals surface area contributed by atoms with Crippen molar-refractivity contribution in [2.75, 3.05) is 39.9 Å². The molecule has 0 saturated carbocycles. The van der Waals surface area contributed by atoms with Gasteiger partial charge in [0.05, 0.1) is 26.0 Å². The lowest BCUT2D eigenvalue weighted by atomic mass is 10.1. The lowest BCUT2D eigenvalue weighted by molar-refractivity contribution is 0.0510. The molecule has 0 aliphatic carbocycles. The molecule has 0 bridgehead atoms. The second-order valence-corrected chi connectivity index (χ2v) is 7.47. The minimum Gasteiger partial charge on any atom is -0.497 e. The molecule has 0 N–H and O–H groups in total. The molecule has 6 heteroatoms. The Morgan fingerprint density at radius 2 is 1.85 bits per heavy atom. The predicted octanol–water partition coefficient (Wildman–Crippen LogP) is 1.76. The minimum absolute atomic E-state index is 0.354. The number of methoxy groups -OCH3 is 1. The molecular weight excluding hydrogens is 328 g/mol. The Morgan fingerprint density at radius 3 is 2.58 bits per heavy atom. The molecule has 0 unspecified atom stereocenters. The number of aryl methyl sites for hydroxylation is 1. The van der Waals surface area contributed by atoms with Gasteiger partial charge in [-0.2, -0.15) is 5.10 Å². The Hall–Kier alpha value is -1.89. The third kappa shape index (κ3) is 4.09. The Kier molecular flexibility index (Phi) is 5.24. The molecule has 0 radical (unpaired) electrons. The van der Waals surface area contributed by atoms with Crippen LogP contribution in [0.1, 0.15) is 11.1 Å². The number of benzene rings is 1. The molecule has 0 spiro atoms. The van der Waals surface area contributed by atoms with E-state index in [2.05, 4.69) is 33.2 Å². The Balaban J connectivity index is 1.34. The van der Waals surface area contributed by atoms with Crippen LogP contribution in [0.4, 0.5) is 0 Å². The number of hydrogen-bond donors (Lipinski definition) is 0. The largest absolute Gasteiger partial charge is 0.497 e. The van der Waals surface area contributed by atoms with Crippen molar-refractivity contribution in [3.63, 3.8) is 0 Å². The molecule has 2 atom stereocenters. The van der Waals surface area contributed by atoms with Crippen molar-refractivity contribution >= 4 is 0 Å². The SMILES string of the molecule is COc1ccc(CN2C[C@H]3CN(Cc4cnn(C)c4)CCO[C@H]3C2)cc1. The first-order valence-electron chi connectivity index (χ1n) is 9.36. The number of fused-ring (bicyclic) bond motifs is 1. The van der Waals surface area contributed by atoms with Crippen LogP contribution in [-0.2, 0) is 24.9 Å². The fourth-order valence-corrected chi connectivity index (χ4v) is 4.12. The maximum absolute atomic E-state index is 6.18. The van der Waals surface area contributed by atoms with E-state index in [1.165, 1.54) is 11.1 Å². The number of nitrogens with zero attached hydrogens (tertiary/aromatic N) is 4. The van der Waals surface area contributed by atoms with Gasteiger partial charge in [-0.3, -0.25) is 14.5 Å². The molecule has 1 aromatic heterocycles. The van der Waals surface area contributed by atoms with Crippen molar-refractivity contribution in [1.82, 2.24) is 19.6 Å². The summed E-state index contributed by atoms with van der Waals surface area (Å²) in [6.07, 6.45) is 4.42. The Morgan fingerprint density at radius 1 is 1.08 bits per heavy atom. The molecule has 140 valence electrons. The van der Waals surface area contributed by atoms with Crippen LogP contribution in [-0.4, -0.2) is 65.6 Å². The van der Waals surface area contributed by atoms with E-state index in [4.69, 9.17) is 9.47 Å². The molecule has 2 fully saturated rings. The van der Waals surface area contributed by atoms with Crippen molar-refractivity contribution in [2.24, 2.45) is 13.0 Å². The number of aromatic nitrogens is 2. The average molecular weight is 356 g/mol. The zero-order valence-electron chi connectivity index (χ0n) is 15.7. The molecule has 2 saturated heterocycles. The molecule has 2 aromatic rings. The molecule has 0 amide bonds. The first kappa shape index (κ1) is 17.5. The van der Waals surface area contributed by atoms with Crippen molar-refractivity contribution in [1.29, 1.82) is 0 Å². The summed E-state index contributed by atoms with van der Waals surface area (Å²) in [5, 5.41) is 4.28. The van der Waals surface area contributed by atoms with Crippen molar-refractivity contribution < 1.29 is 9.47 Å². The summed E-state index contributed by atoms with van der Waals surface area (Å²) in [4.78, 5) is 5.03. The van der Waals surface area contributed by atoms with E-state index in [0.29, 0.717) is 12.0 Å². The van der Waals surface area contributed by atoms with Gasteiger partial charge >= 0.3 is 0 Å². The second kappa shape index (κ2) is 7.78. The van der Waals surface area contributed by atoms with E-state index in [0.717, 1.165) is 51.6 Å². The van der Waals surface area contributed by atoms with Gasteiger partial charge in [0.15, 0.2) is 0 Å². The highest BCUT2D eigenvalue weighted by Gasteiger charge is 2.36. The molecular formula is C20H28N4O2. The van der Waals surface area contributed by atoms with Crippen LogP contribution in [0.3, 0.4) is 0 Å². The lowest BCUT2D eigenvalue weighted by Gasteiger charge is -2.23. The van der Waals surface area contributed by atoms with Crippen LogP contribution in [0.25, 0.3) is 0 Å². The molecule has 1 aromatic carbocycles. The fourth-order valence-electron chi connectivity index (χ4n) is 4.12. The summed E-state index contributed by atoms with van der Waals surface area (Å²) in [7, 11) is 3.68. The molecule has 6 nitrogen and oxygen atoms in total. The number of rotatable bonds is 5. The van der Waals surface area contributed by atoms with Gasteiger partial charge in [0.2, 0.25) is 0 Å². The van der Waals surface area contributed by atoms with Gasteiger partial charge < -0.3 is 9.47 Å². The van der Waals surface area contributed by atoms with E-state index < -0.39 is 0 Å². The Bertz CT molecular complexity index is 715. The average Bonchev–Trinajstić information content (AvgIpc) is 3.16. The maximum atomic E-state index is 6.18. The lowest BCUT2D eigenvalue weighted by Crippen LogP contribution is -2.32. The second-order valence-electron chi connectivity index (χ2n) is 7.47. The summed E-state index contributed by atoms with van der Waals surface area (Å²) in [5.41, 5.74) is 2.61. The first-order chi connectivity index (χ1) is 12.7. The van der Waals surface area contributed by atoms with E-state index in [-0.39, 0.29) is 0 Å². The molecule has 2 aliphatic heterocycles. The molecule has 26 heavy (non-hydrogen) atoms. The maximum Gasteiger partial charge on any atom is 0.118 e. The topological polar surface area (TPSA) is 42.8 Å². The van der Waals surface area contributed by atoms with Crippen molar-refractivity contribution in [3.05, 3.63) is 47.8 Å². The van der Waals surface area contributed by atoms with Crippen LogP contribution in [0.5, 0.6) is 5.75 Å². The van der Waals surface area contributed by atoms with Crippen molar-refractivity contribution in [3.8, 4) is 5.75 Å². The summed E-state index contributed by atoms with van der Waals surface area (Å²) in [5.74, 6) is 1.49. The minimum atomic E-state index is 0.354. The third-order valence-corrected chi connectivity index (χ3v) is 5.42. The van der Waals surface area contributed by atoms with Gasteiger partial charge in [-0.1, -0.05) is 12.1 Å². The van der Waals surface area contributed by atoms with Gasteiger partial charge in [0.1, 0.15) is 5.75 Å². The van der Waals surface area contributed by atoms with Crippen LogP contribution >= 0.6 is 0 Å². The van der Waals surface area contributed by atoms with Gasteiger partial charge in [0, 0.05) is 64.0 Å². The Labute approximate surface area is 155 Å². The molecule has 2 aliphatic rings. The summed E-state index contributed by atoms with van der Waals surface area (Å²) < 4.78 is 13.3. The highest BCUT2D eigenvalue weighted by atomic mass is 16.5. The smallest absolute Gasteiger partial charge is 0.118 e.